The topological polar surface area (TPSA) is 71.7 Å². The van der Waals surface area contributed by atoms with Gasteiger partial charge in [0.2, 0.25) is 0 Å². The van der Waals surface area contributed by atoms with Crippen molar-refractivity contribution in [3.63, 3.8) is 0 Å². The molecule has 1 N–H and O–H groups in total. The van der Waals surface area contributed by atoms with Crippen molar-refractivity contribution < 1.29 is 19.1 Å². The third kappa shape index (κ3) is 3.38. The lowest BCUT2D eigenvalue weighted by Gasteiger charge is -2.10. The molecule has 2 aromatic carbocycles. The highest BCUT2D eigenvalue weighted by molar-refractivity contribution is 7.16. The number of aromatic nitrogens is 1. The van der Waals surface area contributed by atoms with Crippen LogP contribution in [0.3, 0.4) is 0 Å². The van der Waals surface area contributed by atoms with Gasteiger partial charge in [-0.1, -0.05) is 40.6 Å². The van der Waals surface area contributed by atoms with E-state index in [1.165, 1.54) is 35.8 Å². The van der Waals surface area contributed by atoms with Crippen molar-refractivity contribution in [2.75, 3.05) is 0 Å². The summed E-state index contributed by atoms with van der Waals surface area (Å²) in [6.45, 7) is 1.42. The second-order valence-electron chi connectivity index (χ2n) is 5.41. The number of rotatable bonds is 3. The minimum Gasteiger partial charge on any atom is -0.480 e. The number of nitrogens with zero attached hydrogens (tertiary/aromatic N) is 2. The lowest BCUT2D eigenvalue weighted by Crippen LogP contribution is -2.25. The zero-order valence-corrected chi connectivity index (χ0v) is 15.6. The van der Waals surface area contributed by atoms with Gasteiger partial charge in [-0.05, 0) is 37.3 Å². The molecular weight excluding hydrogens is 402 g/mol. The Morgan fingerprint density at radius 2 is 2.00 bits per heavy atom. The van der Waals surface area contributed by atoms with Crippen LogP contribution >= 0.6 is 34.5 Å². The Morgan fingerprint density at radius 3 is 2.65 bits per heavy atom. The summed E-state index contributed by atoms with van der Waals surface area (Å²) in [5, 5.41) is 9.64. The number of benzene rings is 2. The largest absolute Gasteiger partial charge is 0.480 e. The number of amides is 1. The molecule has 3 aromatic rings. The second-order valence-corrected chi connectivity index (χ2v) is 7.23. The van der Waals surface area contributed by atoms with Gasteiger partial charge in [-0.25, -0.2) is 9.18 Å². The molecule has 0 radical (unpaired) electrons. The predicted molar refractivity (Wildman–Crippen MR) is 98.5 cm³/mol. The maximum absolute atomic E-state index is 14.3. The molecule has 0 fully saturated rings. The molecule has 0 aliphatic carbocycles. The normalized spacial score (nSPS) is 13.2. The molecule has 0 bridgehead atoms. The molecule has 26 heavy (non-hydrogen) atoms. The van der Waals surface area contributed by atoms with Gasteiger partial charge in [-0.15, -0.1) is 0 Å². The van der Waals surface area contributed by atoms with Gasteiger partial charge < -0.3 is 9.67 Å². The lowest BCUT2D eigenvalue weighted by molar-refractivity contribution is -0.140. The van der Waals surface area contributed by atoms with Gasteiger partial charge in [0.15, 0.2) is 10.6 Å². The number of carboxylic acid groups (broad SMARTS) is 1. The third-order valence-electron chi connectivity index (χ3n) is 3.70. The fourth-order valence-electron chi connectivity index (χ4n) is 2.39. The predicted octanol–water partition coefficient (Wildman–Crippen LogP) is 4.54. The fraction of sp³-hybridized carbons (Fsp3) is 0.118. The lowest BCUT2D eigenvalue weighted by atomic mass is 10.2. The quantitative estimate of drug-likeness (QED) is 0.686. The van der Waals surface area contributed by atoms with Crippen molar-refractivity contribution in [3.05, 3.63) is 62.6 Å². The molecule has 1 atom stereocenters. The zero-order chi connectivity index (χ0) is 19.0. The van der Waals surface area contributed by atoms with Crippen LogP contribution in [0.1, 0.15) is 23.3 Å². The van der Waals surface area contributed by atoms with Gasteiger partial charge in [0.05, 0.1) is 15.2 Å². The van der Waals surface area contributed by atoms with Crippen LogP contribution in [0.5, 0.6) is 0 Å². The maximum Gasteiger partial charge on any atom is 0.326 e. The summed E-state index contributed by atoms with van der Waals surface area (Å²) in [4.78, 5) is 28.0. The first-order chi connectivity index (χ1) is 12.3. The summed E-state index contributed by atoms with van der Waals surface area (Å²) < 4.78 is 15.8. The molecule has 134 valence electrons. The molecule has 1 amide bonds. The Kier molecular flexibility index (Phi) is 5.13. The first kappa shape index (κ1) is 18.6. The Labute approximate surface area is 160 Å². The first-order valence-electron chi connectivity index (χ1n) is 7.36. The third-order valence-corrected chi connectivity index (χ3v) is 5.29. The number of carbonyl (C=O) groups excluding carboxylic acids is 1. The fourth-order valence-corrected chi connectivity index (χ4v) is 3.93. The smallest absolute Gasteiger partial charge is 0.326 e. The number of hydrogen-bond acceptors (Lipinski definition) is 3. The molecule has 1 unspecified atom stereocenters. The summed E-state index contributed by atoms with van der Waals surface area (Å²) in [6.07, 6.45) is 0. The van der Waals surface area contributed by atoms with Gasteiger partial charge >= 0.3 is 5.97 Å². The molecule has 9 heteroatoms. The van der Waals surface area contributed by atoms with Gasteiger partial charge in [-0.2, -0.15) is 4.99 Å². The Balaban J connectivity index is 2.27. The van der Waals surface area contributed by atoms with E-state index in [1.54, 1.807) is 12.1 Å². The Morgan fingerprint density at radius 1 is 1.27 bits per heavy atom. The van der Waals surface area contributed by atoms with Crippen LogP contribution in [-0.2, 0) is 4.79 Å². The SMILES string of the molecule is CC(C(=O)O)n1c(=NC(=O)c2cccc(Cl)c2)sc2c(F)c(Cl)ccc21. The number of carbonyl (C=O) groups is 2. The van der Waals surface area contributed by atoms with E-state index in [-0.39, 0.29) is 20.1 Å². The minimum absolute atomic E-state index is 0.0565. The first-order valence-corrected chi connectivity index (χ1v) is 8.93. The highest BCUT2D eigenvalue weighted by Gasteiger charge is 2.21. The van der Waals surface area contributed by atoms with Crippen LogP contribution < -0.4 is 4.80 Å². The van der Waals surface area contributed by atoms with E-state index < -0.39 is 23.7 Å². The van der Waals surface area contributed by atoms with Crippen molar-refractivity contribution in [2.45, 2.75) is 13.0 Å². The van der Waals surface area contributed by atoms with Crippen molar-refractivity contribution in [1.82, 2.24) is 4.57 Å². The Hall–Kier alpha value is -2.22. The van der Waals surface area contributed by atoms with Crippen LogP contribution in [0.4, 0.5) is 4.39 Å². The van der Waals surface area contributed by atoms with E-state index >= 15 is 0 Å². The summed E-state index contributed by atoms with van der Waals surface area (Å²) >= 11 is 12.5. The summed E-state index contributed by atoms with van der Waals surface area (Å²) in [5.74, 6) is -2.44. The van der Waals surface area contributed by atoms with E-state index in [0.29, 0.717) is 10.5 Å². The molecule has 0 aliphatic rings. The number of aliphatic carboxylic acids is 1. The molecule has 0 saturated heterocycles. The molecule has 0 saturated carbocycles. The highest BCUT2D eigenvalue weighted by atomic mass is 35.5. The van der Waals surface area contributed by atoms with Crippen LogP contribution in [0.15, 0.2) is 41.4 Å². The van der Waals surface area contributed by atoms with Gasteiger partial charge in [0.25, 0.3) is 5.91 Å². The van der Waals surface area contributed by atoms with E-state index in [9.17, 15) is 19.1 Å². The number of hydrogen-bond donors (Lipinski definition) is 1. The number of thiazole rings is 1. The van der Waals surface area contributed by atoms with Crippen molar-refractivity contribution in [2.24, 2.45) is 4.99 Å². The van der Waals surface area contributed by atoms with Gasteiger partial charge in [0, 0.05) is 10.6 Å². The molecule has 5 nitrogen and oxygen atoms in total. The van der Waals surface area contributed by atoms with Crippen molar-refractivity contribution in [3.8, 4) is 0 Å². The zero-order valence-electron chi connectivity index (χ0n) is 13.2. The van der Waals surface area contributed by atoms with Crippen molar-refractivity contribution >= 4 is 56.6 Å². The molecule has 1 heterocycles. The summed E-state index contributed by atoms with van der Waals surface area (Å²) in [5.41, 5.74) is 0.535. The number of fused-ring (bicyclic) bond motifs is 1. The molecular formula is C17H11Cl2FN2O3S. The molecule has 1 aromatic heterocycles. The van der Waals surface area contributed by atoms with Gasteiger partial charge in [0.1, 0.15) is 6.04 Å². The van der Waals surface area contributed by atoms with Gasteiger partial charge in [-0.3, -0.25) is 4.79 Å². The number of carboxylic acids is 1. The van der Waals surface area contributed by atoms with E-state index in [1.807, 2.05) is 0 Å². The van der Waals surface area contributed by atoms with Crippen molar-refractivity contribution in [1.29, 1.82) is 0 Å². The second kappa shape index (κ2) is 7.19. The van der Waals surface area contributed by atoms with Crippen LogP contribution in [0, 0.1) is 5.82 Å². The summed E-state index contributed by atoms with van der Waals surface area (Å²) in [7, 11) is 0. The molecule has 3 rings (SSSR count). The Bertz CT molecular complexity index is 1110. The monoisotopic (exact) mass is 412 g/mol. The van der Waals surface area contributed by atoms with Crippen LogP contribution in [0.25, 0.3) is 10.2 Å². The average molecular weight is 413 g/mol. The highest BCUT2D eigenvalue weighted by Crippen LogP contribution is 2.28. The number of halogens is 3. The average Bonchev–Trinajstić information content (AvgIpc) is 2.96. The van der Waals surface area contributed by atoms with Crippen LogP contribution in [0.2, 0.25) is 10.0 Å². The molecule has 0 aliphatic heterocycles. The van der Waals surface area contributed by atoms with E-state index in [2.05, 4.69) is 4.99 Å². The van der Waals surface area contributed by atoms with E-state index in [4.69, 9.17) is 23.2 Å². The standard InChI is InChI=1S/C17H11Cl2FN2O3S/c1-8(16(24)25)22-12-6-5-11(19)13(20)14(12)26-17(22)21-15(23)9-3-2-4-10(18)7-9/h2-8H,1H3,(H,24,25). The summed E-state index contributed by atoms with van der Waals surface area (Å²) in [6, 6.07) is 7.97. The minimum atomic E-state index is -1.14. The van der Waals surface area contributed by atoms with E-state index in [0.717, 1.165) is 11.3 Å². The van der Waals surface area contributed by atoms with Crippen LogP contribution in [-0.4, -0.2) is 21.6 Å². The maximum atomic E-state index is 14.3. The molecule has 0 spiro atoms.